The van der Waals surface area contributed by atoms with Gasteiger partial charge in [-0.2, -0.15) is 4.31 Å². The summed E-state index contributed by atoms with van der Waals surface area (Å²) in [6.45, 7) is 1.30. The van der Waals surface area contributed by atoms with Crippen molar-refractivity contribution in [2.24, 2.45) is 0 Å². The largest absolute Gasteiger partial charge is 0.337 e. The minimum atomic E-state index is -3.72. The summed E-state index contributed by atoms with van der Waals surface area (Å²) in [6.07, 6.45) is 4.40. The summed E-state index contributed by atoms with van der Waals surface area (Å²) in [4.78, 5) is 14.7. The first-order valence-electron chi connectivity index (χ1n) is 9.73. The Kier molecular flexibility index (Phi) is 5.69. The summed E-state index contributed by atoms with van der Waals surface area (Å²) < 4.78 is 42.1. The Balaban J connectivity index is 1.45. The van der Waals surface area contributed by atoms with E-state index in [-0.39, 0.29) is 17.3 Å². The highest BCUT2D eigenvalue weighted by Crippen LogP contribution is 2.19. The molecule has 1 saturated heterocycles. The molecule has 1 aliphatic heterocycles. The zero-order valence-corrected chi connectivity index (χ0v) is 17.1. The van der Waals surface area contributed by atoms with Crippen molar-refractivity contribution in [3.8, 4) is 5.69 Å². The lowest BCUT2D eigenvalue weighted by atomic mass is 10.1. The Morgan fingerprint density at radius 3 is 2.17 bits per heavy atom. The average Bonchev–Trinajstić information content (AvgIpc) is 3.17. The lowest BCUT2D eigenvalue weighted by molar-refractivity contribution is 0.0764. The van der Waals surface area contributed by atoms with Gasteiger partial charge < -0.3 is 9.47 Å². The number of halogens is 1. The molecule has 0 aliphatic carbocycles. The Hall–Kier alpha value is -2.97. The van der Waals surface area contributed by atoms with E-state index in [1.165, 1.54) is 16.4 Å². The molecule has 3 aromatic rings. The normalized spacial score (nSPS) is 15.7. The van der Waals surface area contributed by atoms with E-state index in [4.69, 9.17) is 0 Å². The van der Waals surface area contributed by atoms with Crippen molar-refractivity contribution in [3.63, 3.8) is 0 Å². The number of rotatable bonds is 4. The van der Waals surface area contributed by atoms with Crippen LogP contribution in [0, 0.1) is 5.82 Å². The lowest BCUT2D eigenvalue weighted by Gasteiger charge is -2.22. The molecule has 8 heteroatoms. The van der Waals surface area contributed by atoms with Gasteiger partial charge in [0.2, 0.25) is 10.0 Å². The highest BCUT2D eigenvalue weighted by atomic mass is 32.2. The van der Waals surface area contributed by atoms with E-state index < -0.39 is 15.8 Å². The Labute approximate surface area is 175 Å². The summed E-state index contributed by atoms with van der Waals surface area (Å²) in [6, 6.07) is 16.0. The van der Waals surface area contributed by atoms with Gasteiger partial charge in [-0.3, -0.25) is 4.79 Å². The summed E-state index contributed by atoms with van der Waals surface area (Å²) in [5.41, 5.74) is 1.53. The maximum atomic E-state index is 13.1. The molecule has 0 radical (unpaired) electrons. The maximum Gasteiger partial charge on any atom is 0.253 e. The second kappa shape index (κ2) is 8.41. The van der Waals surface area contributed by atoms with Gasteiger partial charge in [0.1, 0.15) is 5.82 Å². The molecule has 1 amide bonds. The summed E-state index contributed by atoms with van der Waals surface area (Å²) in [7, 11) is -3.72. The van der Waals surface area contributed by atoms with Crippen LogP contribution in [0.4, 0.5) is 4.39 Å². The molecule has 30 heavy (non-hydrogen) atoms. The van der Waals surface area contributed by atoms with Gasteiger partial charge in [-0.15, -0.1) is 0 Å². The van der Waals surface area contributed by atoms with Gasteiger partial charge in [0.05, 0.1) is 4.90 Å². The second-order valence-electron chi connectivity index (χ2n) is 7.14. The minimum absolute atomic E-state index is 0.0595. The van der Waals surface area contributed by atoms with Crippen molar-refractivity contribution >= 4 is 15.9 Å². The molecule has 0 spiro atoms. The van der Waals surface area contributed by atoms with Crippen LogP contribution >= 0.6 is 0 Å². The number of carbonyl (C=O) groups excluding carboxylic acids is 1. The fourth-order valence-electron chi connectivity index (χ4n) is 3.56. The number of nitrogens with zero attached hydrogens (tertiary/aromatic N) is 3. The van der Waals surface area contributed by atoms with E-state index in [9.17, 15) is 17.6 Å². The number of sulfonamides is 1. The van der Waals surface area contributed by atoms with Crippen molar-refractivity contribution in [3.05, 3.63) is 84.4 Å². The first-order valence-corrected chi connectivity index (χ1v) is 11.2. The molecule has 0 unspecified atom stereocenters. The quantitative estimate of drug-likeness (QED) is 0.643. The lowest BCUT2D eigenvalue weighted by Crippen LogP contribution is -2.37. The maximum absolute atomic E-state index is 13.1. The third-order valence-corrected chi connectivity index (χ3v) is 7.12. The van der Waals surface area contributed by atoms with Crippen molar-refractivity contribution in [2.45, 2.75) is 11.3 Å². The van der Waals surface area contributed by atoms with Crippen molar-refractivity contribution in [2.75, 3.05) is 26.2 Å². The number of amides is 1. The van der Waals surface area contributed by atoms with Gasteiger partial charge in [0.15, 0.2) is 0 Å². The van der Waals surface area contributed by atoms with Crippen LogP contribution in [-0.4, -0.2) is 54.3 Å². The molecule has 1 aliphatic rings. The van der Waals surface area contributed by atoms with E-state index in [1.807, 2.05) is 41.2 Å². The standard InChI is InChI=1S/C22H22FN3O3S/c23-19-6-10-21(11-7-19)30(28,29)26-15-3-14-25(16-17-26)22(27)18-4-8-20(9-5-18)24-12-1-2-13-24/h1-2,4-13H,3,14-17H2. The zero-order chi connectivity index (χ0) is 21.1. The van der Waals surface area contributed by atoms with Crippen LogP contribution in [-0.2, 0) is 10.0 Å². The van der Waals surface area contributed by atoms with E-state index in [1.54, 1.807) is 17.0 Å². The molecule has 156 valence electrons. The number of hydrogen-bond donors (Lipinski definition) is 0. The van der Waals surface area contributed by atoms with Crippen LogP contribution in [0.1, 0.15) is 16.8 Å². The molecule has 0 N–H and O–H groups in total. The summed E-state index contributed by atoms with van der Waals surface area (Å²) >= 11 is 0. The fourth-order valence-corrected chi connectivity index (χ4v) is 5.03. The van der Waals surface area contributed by atoms with Crippen molar-refractivity contribution in [1.29, 1.82) is 0 Å². The van der Waals surface area contributed by atoms with Gasteiger partial charge in [-0.05, 0) is 67.1 Å². The van der Waals surface area contributed by atoms with Crippen LogP contribution in [0.15, 0.2) is 78.0 Å². The summed E-state index contributed by atoms with van der Waals surface area (Å²) in [5.74, 6) is -0.598. The minimum Gasteiger partial charge on any atom is -0.337 e. The van der Waals surface area contributed by atoms with Crippen LogP contribution in [0.5, 0.6) is 0 Å². The van der Waals surface area contributed by atoms with Gasteiger partial charge in [0.25, 0.3) is 5.91 Å². The van der Waals surface area contributed by atoms with E-state index in [2.05, 4.69) is 0 Å². The molecule has 1 aromatic heterocycles. The SMILES string of the molecule is O=C(c1ccc(-n2cccc2)cc1)N1CCCN(S(=O)(=O)c2ccc(F)cc2)CC1. The van der Waals surface area contributed by atoms with Crippen LogP contribution in [0.25, 0.3) is 5.69 Å². The first kappa shape index (κ1) is 20.3. The average molecular weight is 428 g/mol. The molecule has 2 aromatic carbocycles. The Bertz CT molecular complexity index is 1110. The van der Waals surface area contributed by atoms with Crippen LogP contribution in [0.2, 0.25) is 0 Å². The Morgan fingerprint density at radius 2 is 1.50 bits per heavy atom. The van der Waals surface area contributed by atoms with E-state index >= 15 is 0 Å². The van der Waals surface area contributed by atoms with Gasteiger partial charge in [-0.25, -0.2) is 12.8 Å². The van der Waals surface area contributed by atoms with Gasteiger partial charge in [0, 0.05) is 49.8 Å². The first-order chi connectivity index (χ1) is 14.4. The molecular weight excluding hydrogens is 405 g/mol. The molecule has 0 bridgehead atoms. The predicted molar refractivity (Wildman–Crippen MR) is 111 cm³/mol. The van der Waals surface area contributed by atoms with Crippen molar-refractivity contribution < 1.29 is 17.6 Å². The number of hydrogen-bond acceptors (Lipinski definition) is 3. The number of benzene rings is 2. The summed E-state index contributed by atoms with van der Waals surface area (Å²) in [5, 5.41) is 0. The van der Waals surface area contributed by atoms with Crippen LogP contribution in [0.3, 0.4) is 0 Å². The molecule has 1 fully saturated rings. The highest BCUT2D eigenvalue weighted by molar-refractivity contribution is 7.89. The molecule has 6 nitrogen and oxygen atoms in total. The smallest absolute Gasteiger partial charge is 0.253 e. The Morgan fingerprint density at radius 1 is 0.833 bits per heavy atom. The third-order valence-electron chi connectivity index (χ3n) is 5.21. The molecule has 4 rings (SSSR count). The second-order valence-corrected chi connectivity index (χ2v) is 9.08. The van der Waals surface area contributed by atoms with Gasteiger partial charge in [-0.1, -0.05) is 0 Å². The highest BCUT2D eigenvalue weighted by Gasteiger charge is 2.28. The molecule has 2 heterocycles. The predicted octanol–water partition coefficient (Wildman–Crippen LogP) is 3.15. The third kappa shape index (κ3) is 4.15. The zero-order valence-electron chi connectivity index (χ0n) is 16.3. The fraction of sp³-hybridized carbons (Fsp3) is 0.227. The molecule has 0 saturated carbocycles. The van der Waals surface area contributed by atoms with Crippen molar-refractivity contribution in [1.82, 2.24) is 13.8 Å². The molecule has 0 atom stereocenters. The topological polar surface area (TPSA) is 62.6 Å². The van der Waals surface area contributed by atoms with E-state index in [0.29, 0.717) is 31.6 Å². The number of aromatic nitrogens is 1. The molecular formula is C22H22FN3O3S. The number of carbonyl (C=O) groups is 1. The van der Waals surface area contributed by atoms with Crippen LogP contribution < -0.4 is 0 Å². The monoisotopic (exact) mass is 427 g/mol. The van der Waals surface area contributed by atoms with E-state index in [0.717, 1.165) is 17.8 Å². The van der Waals surface area contributed by atoms with Gasteiger partial charge >= 0.3 is 0 Å².